The first-order chi connectivity index (χ1) is 9.21. The molecule has 0 aliphatic carbocycles. The number of hydrogen-bond acceptors (Lipinski definition) is 7. The third kappa shape index (κ3) is 3.72. The maximum absolute atomic E-state index is 5.61. The molecule has 19 heavy (non-hydrogen) atoms. The molecule has 0 unspecified atom stereocenters. The maximum Gasteiger partial charge on any atom is 0.323 e. The quantitative estimate of drug-likeness (QED) is 0.811. The van der Waals surface area contributed by atoms with E-state index in [2.05, 4.69) is 20.3 Å². The lowest BCUT2D eigenvalue weighted by atomic mass is 10.3. The Morgan fingerprint density at radius 2 is 2.16 bits per heavy atom. The first kappa shape index (κ1) is 13.4. The fourth-order valence-corrected chi connectivity index (χ4v) is 1.91. The summed E-state index contributed by atoms with van der Waals surface area (Å²) in [5, 5.41) is 3.08. The summed E-state index contributed by atoms with van der Waals surface area (Å²) in [4.78, 5) is 13.2. The first-order valence-corrected chi connectivity index (χ1v) is 6.99. The Labute approximate surface area is 115 Å². The van der Waals surface area contributed by atoms with E-state index in [-0.39, 0.29) is 12.0 Å². The van der Waals surface area contributed by atoms with Crippen molar-refractivity contribution < 1.29 is 4.74 Å². The SMILES string of the molecule is CCOc1nc(N)nc(Nc2cccc(SC)c2)n1. The fraction of sp³-hybridized carbons (Fsp3) is 0.250. The number of thioether (sulfide) groups is 1. The van der Waals surface area contributed by atoms with Crippen LogP contribution in [-0.4, -0.2) is 27.8 Å². The molecular formula is C12H15N5OS. The minimum atomic E-state index is 0.127. The van der Waals surface area contributed by atoms with E-state index >= 15 is 0 Å². The Balaban J connectivity index is 2.22. The number of nitrogens with one attached hydrogen (secondary N) is 1. The Morgan fingerprint density at radius 1 is 1.32 bits per heavy atom. The van der Waals surface area contributed by atoms with Gasteiger partial charge >= 0.3 is 6.01 Å². The summed E-state index contributed by atoms with van der Waals surface area (Å²) < 4.78 is 5.22. The van der Waals surface area contributed by atoms with Crippen molar-refractivity contribution in [3.05, 3.63) is 24.3 Å². The summed E-state index contributed by atoms with van der Waals surface area (Å²) in [5.74, 6) is 0.496. The summed E-state index contributed by atoms with van der Waals surface area (Å²) in [7, 11) is 0. The van der Waals surface area contributed by atoms with Gasteiger partial charge in [-0.1, -0.05) is 6.07 Å². The van der Waals surface area contributed by atoms with Gasteiger partial charge in [0.2, 0.25) is 11.9 Å². The molecule has 1 aromatic heterocycles. The second-order valence-corrected chi connectivity index (χ2v) is 4.47. The van der Waals surface area contributed by atoms with Crippen LogP contribution in [0.3, 0.4) is 0 Å². The molecular weight excluding hydrogens is 262 g/mol. The highest BCUT2D eigenvalue weighted by molar-refractivity contribution is 7.98. The Bertz CT molecular complexity index is 564. The third-order valence-electron chi connectivity index (χ3n) is 2.23. The number of hydrogen-bond donors (Lipinski definition) is 2. The monoisotopic (exact) mass is 277 g/mol. The molecule has 0 atom stereocenters. The standard InChI is InChI=1S/C12H15N5OS/c1-3-18-12-16-10(13)15-11(17-12)14-8-5-4-6-9(7-8)19-2/h4-7H,3H2,1-2H3,(H3,13,14,15,16,17). The van der Waals surface area contributed by atoms with Crippen molar-refractivity contribution in [3.8, 4) is 6.01 Å². The lowest BCUT2D eigenvalue weighted by Gasteiger charge is -2.08. The average Bonchev–Trinajstić information content (AvgIpc) is 2.38. The normalized spacial score (nSPS) is 10.2. The van der Waals surface area contributed by atoms with E-state index in [9.17, 15) is 0 Å². The highest BCUT2D eigenvalue weighted by Gasteiger charge is 2.05. The van der Waals surface area contributed by atoms with Crippen LogP contribution >= 0.6 is 11.8 Å². The zero-order valence-electron chi connectivity index (χ0n) is 10.8. The van der Waals surface area contributed by atoms with Gasteiger partial charge in [-0.2, -0.15) is 15.0 Å². The zero-order valence-corrected chi connectivity index (χ0v) is 11.6. The number of nitrogens with zero attached hydrogens (tertiary/aromatic N) is 3. The zero-order chi connectivity index (χ0) is 13.7. The topological polar surface area (TPSA) is 86.0 Å². The van der Waals surface area contributed by atoms with Gasteiger partial charge in [-0.15, -0.1) is 11.8 Å². The molecule has 2 rings (SSSR count). The molecule has 7 heteroatoms. The highest BCUT2D eigenvalue weighted by atomic mass is 32.2. The van der Waals surface area contributed by atoms with Crippen LogP contribution in [0, 0.1) is 0 Å². The molecule has 6 nitrogen and oxygen atoms in total. The lowest BCUT2D eigenvalue weighted by molar-refractivity contribution is 0.312. The second-order valence-electron chi connectivity index (χ2n) is 3.59. The van der Waals surface area contributed by atoms with Crippen molar-refractivity contribution in [2.75, 3.05) is 23.9 Å². The van der Waals surface area contributed by atoms with Gasteiger partial charge in [0.1, 0.15) is 0 Å². The van der Waals surface area contributed by atoms with Crippen LogP contribution in [0.2, 0.25) is 0 Å². The largest absolute Gasteiger partial charge is 0.464 e. The number of rotatable bonds is 5. The molecule has 1 aromatic carbocycles. The minimum Gasteiger partial charge on any atom is -0.464 e. The average molecular weight is 277 g/mol. The van der Waals surface area contributed by atoms with Crippen molar-refractivity contribution in [1.29, 1.82) is 0 Å². The van der Waals surface area contributed by atoms with Crippen molar-refractivity contribution >= 4 is 29.3 Å². The summed E-state index contributed by atoms with van der Waals surface area (Å²) in [5.41, 5.74) is 6.50. The minimum absolute atomic E-state index is 0.127. The predicted molar refractivity (Wildman–Crippen MR) is 76.9 cm³/mol. The molecule has 0 amide bonds. The summed E-state index contributed by atoms with van der Waals surface area (Å²) in [6.07, 6.45) is 2.02. The van der Waals surface area contributed by atoms with E-state index in [0.29, 0.717) is 12.6 Å². The van der Waals surface area contributed by atoms with Crippen molar-refractivity contribution in [2.24, 2.45) is 0 Å². The van der Waals surface area contributed by atoms with Crippen LogP contribution in [0.5, 0.6) is 6.01 Å². The van der Waals surface area contributed by atoms with Crippen LogP contribution in [0.1, 0.15) is 6.92 Å². The van der Waals surface area contributed by atoms with E-state index in [4.69, 9.17) is 10.5 Å². The molecule has 0 saturated heterocycles. The second kappa shape index (κ2) is 6.24. The first-order valence-electron chi connectivity index (χ1n) is 5.76. The molecule has 0 saturated carbocycles. The third-order valence-corrected chi connectivity index (χ3v) is 2.96. The van der Waals surface area contributed by atoms with Gasteiger partial charge < -0.3 is 15.8 Å². The lowest BCUT2D eigenvalue weighted by Crippen LogP contribution is -2.06. The maximum atomic E-state index is 5.61. The van der Waals surface area contributed by atoms with Gasteiger partial charge in [-0.05, 0) is 31.4 Å². The van der Waals surface area contributed by atoms with E-state index in [0.717, 1.165) is 10.6 Å². The van der Waals surface area contributed by atoms with Crippen molar-refractivity contribution in [2.45, 2.75) is 11.8 Å². The van der Waals surface area contributed by atoms with Crippen LogP contribution < -0.4 is 15.8 Å². The van der Waals surface area contributed by atoms with Crippen molar-refractivity contribution in [3.63, 3.8) is 0 Å². The van der Waals surface area contributed by atoms with E-state index in [1.165, 1.54) is 0 Å². The molecule has 100 valence electrons. The predicted octanol–water partition coefficient (Wildman–Crippen LogP) is 2.32. The number of anilines is 3. The molecule has 0 fully saturated rings. The molecule has 2 aromatic rings. The number of nitrogens with two attached hydrogens (primary N) is 1. The Morgan fingerprint density at radius 3 is 2.89 bits per heavy atom. The number of aromatic nitrogens is 3. The number of ether oxygens (including phenoxy) is 1. The van der Waals surface area contributed by atoms with Crippen LogP contribution in [-0.2, 0) is 0 Å². The summed E-state index contributed by atoms with van der Waals surface area (Å²) in [6, 6.07) is 8.15. The highest BCUT2D eigenvalue weighted by Crippen LogP contribution is 2.21. The molecule has 3 N–H and O–H groups in total. The van der Waals surface area contributed by atoms with Gasteiger partial charge in [-0.3, -0.25) is 0 Å². The molecule has 0 bridgehead atoms. The van der Waals surface area contributed by atoms with Gasteiger partial charge in [0.05, 0.1) is 6.61 Å². The van der Waals surface area contributed by atoms with E-state index in [1.54, 1.807) is 11.8 Å². The van der Waals surface area contributed by atoms with Crippen LogP contribution in [0.25, 0.3) is 0 Å². The van der Waals surface area contributed by atoms with Crippen LogP contribution in [0.15, 0.2) is 29.2 Å². The van der Waals surface area contributed by atoms with Crippen LogP contribution in [0.4, 0.5) is 17.6 Å². The molecule has 0 radical (unpaired) electrons. The Hall–Kier alpha value is -2.02. The molecule has 0 spiro atoms. The van der Waals surface area contributed by atoms with Crippen molar-refractivity contribution in [1.82, 2.24) is 15.0 Å². The van der Waals surface area contributed by atoms with E-state index < -0.39 is 0 Å². The van der Waals surface area contributed by atoms with Gasteiger partial charge in [0, 0.05) is 10.6 Å². The number of benzene rings is 1. The summed E-state index contributed by atoms with van der Waals surface area (Å²) in [6.45, 7) is 2.33. The molecule has 0 aliphatic rings. The summed E-state index contributed by atoms with van der Waals surface area (Å²) >= 11 is 1.67. The molecule has 0 aliphatic heterocycles. The Kier molecular flexibility index (Phi) is 4.40. The van der Waals surface area contributed by atoms with Gasteiger partial charge in [0.25, 0.3) is 0 Å². The smallest absolute Gasteiger partial charge is 0.323 e. The van der Waals surface area contributed by atoms with Gasteiger partial charge in [0.15, 0.2) is 0 Å². The molecule has 1 heterocycles. The number of nitrogen functional groups attached to an aromatic ring is 1. The fourth-order valence-electron chi connectivity index (χ4n) is 1.45. The van der Waals surface area contributed by atoms with Gasteiger partial charge in [-0.25, -0.2) is 0 Å². The van der Waals surface area contributed by atoms with E-state index in [1.807, 2.05) is 37.4 Å².